The van der Waals surface area contributed by atoms with Crippen molar-refractivity contribution in [2.75, 3.05) is 0 Å². The van der Waals surface area contributed by atoms with Crippen molar-refractivity contribution in [3.8, 4) is 0 Å². The Labute approximate surface area is 70.9 Å². The van der Waals surface area contributed by atoms with Crippen molar-refractivity contribution < 1.29 is 25.6 Å². The van der Waals surface area contributed by atoms with Crippen LogP contribution in [0, 0.1) is 0 Å². The first kappa shape index (κ1) is 22.6. The minimum absolute atomic E-state index is 0.750. The van der Waals surface area contributed by atoms with Crippen molar-refractivity contribution in [3.05, 3.63) is 0 Å². The lowest BCUT2D eigenvalue weighted by Gasteiger charge is -0.947. The number of carbonyl (C=O) groups is 3. The SMILES string of the molecule is C=O.C=O.C=O.O=S=O.[2H]N.[2H]N. The molecular weight excluding hydrogens is 176 g/mol. The molecule has 0 atom stereocenters. The Hall–Kier alpha value is -1.25. The monoisotopic (exact) mass is 190 g/mol. The lowest BCUT2D eigenvalue weighted by Crippen LogP contribution is -1.18. The number of hydrogen-bond acceptors (Lipinski definition) is 7. The van der Waals surface area contributed by atoms with Gasteiger partial charge in [0.1, 0.15) is 23.2 Å². The maximum atomic E-state index is 8.29. The zero-order valence-electron chi connectivity index (χ0n) is 7.73. The average molecular weight is 190 g/mol. The summed E-state index contributed by atoms with van der Waals surface area (Å²) in [7, 11) is 0. The Morgan fingerprint density at radius 1 is 0.818 bits per heavy atom. The van der Waals surface area contributed by atoms with E-state index in [4.69, 9.17) is 25.6 Å². The Kier molecular flexibility index (Phi) is 17300. The van der Waals surface area contributed by atoms with E-state index in [1.165, 1.54) is 0 Å². The van der Waals surface area contributed by atoms with Crippen LogP contribution in [0.25, 0.3) is 0 Å². The molecule has 0 amide bonds. The third kappa shape index (κ3) is 255. The van der Waals surface area contributed by atoms with Crippen LogP contribution in [0.2, 0.25) is 2.82 Å². The normalized spacial score (nSPS) is 3.45. The van der Waals surface area contributed by atoms with E-state index < -0.39 is 11.6 Å². The van der Waals surface area contributed by atoms with Crippen LogP contribution in [-0.4, -0.2) is 28.8 Å². The predicted molar refractivity (Wildman–Crippen MR) is 40.3 cm³/mol. The summed E-state index contributed by atoms with van der Waals surface area (Å²) in [6.07, 6.45) is 7.50. The molecule has 0 bridgehead atoms. The Morgan fingerprint density at radius 2 is 0.818 bits per heavy atom. The van der Waals surface area contributed by atoms with Crippen molar-refractivity contribution in [3.63, 3.8) is 0 Å². The van der Waals surface area contributed by atoms with Gasteiger partial charge < -0.3 is 26.7 Å². The van der Waals surface area contributed by atoms with E-state index in [-0.39, 0.29) is 0 Å². The molecule has 0 rings (SSSR count). The van der Waals surface area contributed by atoms with Gasteiger partial charge in [-0.25, -0.2) is 0 Å². The quantitative estimate of drug-likeness (QED) is 0.501. The lowest BCUT2D eigenvalue weighted by molar-refractivity contribution is -0.0987. The van der Waals surface area contributed by atoms with Gasteiger partial charge in [-0.3, -0.25) is 0 Å². The van der Waals surface area contributed by atoms with E-state index in [1.807, 2.05) is 20.4 Å². The van der Waals surface area contributed by atoms with Crippen LogP contribution < -0.4 is 12.3 Å². The second-order valence-corrected chi connectivity index (χ2v) is 0.204. The summed E-state index contributed by atoms with van der Waals surface area (Å²) in [5.41, 5.74) is 0. The molecule has 70 valence electrons. The maximum absolute atomic E-state index is 8.29. The summed E-state index contributed by atoms with van der Waals surface area (Å²) in [5.74, 6) is 0. The predicted octanol–water partition coefficient (Wildman–Crippen LogP) is -0.901. The average Bonchev–Trinajstić information content (AvgIpc) is 2.32. The van der Waals surface area contributed by atoms with Crippen molar-refractivity contribution in [1.82, 2.24) is 12.3 Å². The van der Waals surface area contributed by atoms with E-state index in [1.54, 1.807) is 0 Å². The highest BCUT2D eigenvalue weighted by molar-refractivity contribution is 7.51. The van der Waals surface area contributed by atoms with Gasteiger partial charge in [-0.15, -0.1) is 0 Å². The largest absolute Gasteiger partial charge is 0.344 e. The van der Waals surface area contributed by atoms with E-state index in [0.29, 0.717) is 0 Å². The summed E-state index contributed by atoms with van der Waals surface area (Å²) < 4.78 is 27.1. The van der Waals surface area contributed by atoms with E-state index in [0.717, 1.165) is 0 Å². The summed E-state index contributed by atoms with van der Waals surface area (Å²) >= 11 is -0.750. The highest BCUT2D eigenvalue weighted by Gasteiger charge is 1.12. The van der Waals surface area contributed by atoms with Gasteiger partial charge in [0.05, 0.1) is 0 Å². The summed E-state index contributed by atoms with van der Waals surface area (Å²) in [6.45, 7) is 6.00. The molecule has 0 unspecified atom stereocenters. The molecule has 11 heavy (non-hydrogen) atoms. The number of carbonyl (C=O) groups excluding carboxylic acids is 3. The molecule has 0 heterocycles. The van der Waals surface area contributed by atoms with Crippen LogP contribution in [0.15, 0.2) is 0 Å². The molecule has 0 aromatic rings. The molecular formula is C3H12N2O5S. The summed E-state index contributed by atoms with van der Waals surface area (Å²) in [6, 6.07) is 0. The molecule has 0 aromatic heterocycles. The molecule has 0 saturated heterocycles. The minimum atomic E-state index is -0.750. The zero-order valence-corrected chi connectivity index (χ0v) is 6.54. The van der Waals surface area contributed by atoms with Gasteiger partial charge in [0, 0.05) is 0 Å². The molecule has 6 N–H and O–H groups in total. The van der Waals surface area contributed by atoms with E-state index >= 15 is 0 Å². The van der Waals surface area contributed by atoms with Crippen LogP contribution in [0.4, 0.5) is 0 Å². The molecule has 0 aliphatic rings. The third-order valence-electron chi connectivity index (χ3n) is 0. The topological polar surface area (TPSA) is 155 Å². The molecule has 0 spiro atoms. The molecule has 0 aromatic carbocycles. The van der Waals surface area contributed by atoms with E-state index in [2.05, 4.69) is 12.3 Å². The zero-order chi connectivity index (χ0) is 12.7. The number of hydrogen-bond donors (Lipinski definition) is 2. The van der Waals surface area contributed by atoms with Gasteiger partial charge in [-0.2, -0.15) is 8.42 Å². The Bertz CT molecular complexity index is 70.0. The first-order valence-electron chi connectivity index (χ1n) is 2.35. The van der Waals surface area contributed by atoms with Crippen molar-refractivity contribution in [2.24, 2.45) is 0 Å². The highest BCUT2D eigenvalue weighted by atomic mass is 32.1. The van der Waals surface area contributed by atoms with Crippen molar-refractivity contribution >= 4 is 31.9 Å². The molecule has 7 nitrogen and oxygen atoms in total. The van der Waals surface area contributed by atoms with Crippen molar-refractivity contribution in [1.29, 1.82) is 0 Å². The molecule has 0 fully saturated rings. The van der Waals surface area contributed by atoms with Gasteiger partial charge in [-0.05, 0) is 0 Å². The summed E-state index contributed by atoms with van der Waals surface area (Å²) in [5, 5.41) is 0. The van der Waals surface area contributed by atoms with Gasteiger partial charge in [0.15, 0.2) is 0 Å². The first-order chi connectivity index (χ1) is 6.41. The Balaban J connectivity index is -0.0000000115. The van der Waals surface area contributed by atoms with Gasteiger partial charge >= 0.3 is 11.6 Å². The van der Waals surface area contributed by atoms with Crippen LogP contribution in [0.5, 0.6) is 0 Å². The number of rotatable bonds is 0. The molecule has 0 aliphatic carbocycles. The van der Waals surface area contributed by atoms with Crippen molar-refractivity contribution in [2.45, 2.75) is 0 Å². The lowest BCUT2D eigenvalue weighted by atomic mass is 11.9. The van der Waals surface area contributed by atoms with Gasteiger partial charge in [-0.1, -0.05) is 0 Å². The fourth-order valence-corrected chi connectivity index (χ4v) is 0. The van der Waals surface area contributed by atoms with Gasteiger partial charge in [0.2, 0.25) is 0 Å². The minimum Gasteiger partial charge on any atom is -0.344 e. The first-order valence-corrected chi connectivity index (χ1v) is 1.87. The highest BCUT2D eigenvalue weighted by Crippen LogP contribution is 0.846. The summed E-state index contributed by atoms with van der Waals surface area (Å²) in [4.78, 5) is 24.0. The fourth-order valence-electron chi connectivity index (χ4n) is 0. The van der Waals surface area contributed by atoms with Crippen LogP contribution in [0.3, 0.4) is 0 Å². The van der Waals surface area contributed by atoms with E-state index in [9.17, 15) is 0 Å². The van der Waals surface area contributed by atoms with Crippen LogP contribution >= 0.6 is 0 Å². The van der Waals surface area contributed by atoms with Crippen LogP contribution in [0.1, 0.15) is 0 Å². The second-order valence-electron chi connectivity index (χ2n) is 0.0680. The van der Waals surface area contributed by atoms with Gasteiger partial charge in [0.25, 0.3) is 0 Å². The smallest absolute Gasteiger partial charge is 0.335 e. The fraction of sp³-hybridized carbons (Fsp3) is 0. The molecule has 0 radical (unpaired) electrons. The van der Waals surface area contributed by atoms with Crippen LogP contribution in [-0.2, 0) is 26.0 Å². The maximum Gasteiger partial charge on any atom is 0.335 e. The molecule has 0 saturated carbocycles. The standard InChI is InChI=1S/3CH2O.2H3N.O2S/c3*1-2;;;1-3-2/h3*1H2;2*1H3;/i/hD2. The molecule has 8 heteroatoms. The third-order valence-corrected chi connectivity index (χ3v) is 0. The Morgan fingerprint density at radius 3 is 0.818 bits per heavy atom. The second kappa shape index (κ2) is 8410. The molecule has 0 aliphatic heterocycles.